The molecule has 0 radical (unpaired) electrons. The second kappa shape index (κ2) is 3.93. The zero-order chi connectivity index (χ0) is 10.0. The molecule has 4 nitrogen and oxygen atoms in total. The van der Waals surface area contributed by atoms with Gasteiger partial charge >= 0.3 is 5.97 Å². The normalized spacial score (nSPS) is 9.77. The van der Waals surface area contributed by atoms with Crippen molar-refractivity contribution in [2.24, 2.45) is 0 Å². The Morgan fingerprint density at radius 3 is 2.85 bits per heavy atom. The predicted molar refractivity (Wildman–Crippen MR) is 53.5 cm³/mol. The fraction of sp³-hybridized carbons (Fsp3) is 0.143. The third-order valence-electron chi connectivity index (χ3n) is 1.40. The van der Waals surface area contributed by atoms with E-state index in [0.717, 1.165) is 0 Å². The number of anilines is 1. The van der Waals surface area contributed by atoms with Gasteiger partial charge in [0.2, 0.25) is 0 Å². The van der Waals surface area contributed by atoms with Crippen molar-refractivity contribution in [2.75, 3.05) is 12.4 Å². The minimum absolute atomic E-state index is 0.0208. The number of nitrogens with zero attached hydrogens (tertiary/aromatic N) is 1. The number of aromatic nitrogens is 1. The summed E-state index contributed by atoms with van der Waals surface area (Å²) in [4.78, 5) is 14.4. The lowest BCUT2D eigenvalue weighted by Gasteiger charge is -2.04. The Hall–Kier alpha value is -0.810. The molecule has 0 aliphatic heterocycles. The maximum Gasteiger partial charge on any atom is 0.338 e. The maximum atomic E-state index is 10.6. The fourth-order valence-corrected chi connectivity index (χ4v) is 1.53. The van der Waals surface area contributed by atoms with E-state index < -0.39 is 5.97 Å². The number of rotatable bonds is 2. The van der Waals surface area contributed by atoms with E-state index in [1.54, 1.807) is 7.05 Å². The molecule has 0 amide bonds. The van der Waals surface area contributed by atoms with E-state index >= 15 is 0 Å². The van der Waals surface area contributed by atoms with Gasteiger partial charge in [0.1, 0.15) is 11.0 Å². The van der Waals surface area contributed by atoms with Crippen LogP contribution in [-0.2, 0) is 0 Å². The summed E-state index contributed by atoms with van der Waals surface area (Å²) in [5.41, 5.74) is -0.0208. The quantitative estimate of drug-likeness (QED) is 0.805. The van der Waals surface area contributed by atoms with Crippen molar-refractivity contribution >= 4 is 39.3 Å². The molecule has 0 unspecified atom stereocenters. The summed E-state index contributed by atoms with van der Waals surface area (Å²) in [5.74, 6) is -0.587. The smallest absolute Gasteiger partial charge is 0.338 e. The molecule has 1 rings (SSSR count). The van der Waals surface area contributed by atoms with E-state index in [4.69, 9.17) is 16.7 Å². The Morgan fingerprint density at radius 2 is 2.38 bits per heavy atom. The van der Waals surface area contributed by atoms with Gasteiger partial charge in [0.25, 0.3) is 0 Å². The predicted octanol–water partition coefficient (Wildman–Crippen LogP) is 2.24. The summed E-state index contributed by atoms with van der Waals surface area (Å²) in [7, 11) is 1.67. The highest BCUT2D eigenvalue weighted by Gasteiger charge is 2.13. The Balaban J connectivity index is 3.28. The molecule has 2 N–H and O–H groups in total. The third-order valence-corrected chi connectivity index (χ3v) is 2.29. The molecule has 1 aromatic rings. The van der Waals surface area contributed by atoms with Gasteiger partial charge in [0.15, 0.2) is 0 Å². The Labute approximate surface area is 88.1 Å². The number of nitrogens with one attached hydrogen (secondary N) is 1. The van der Waals surface area contributed by atoms with E-state index in [1.165, 1.54) is 6.07 Å². The molecule has 70 valence electrons. The second-order valence-electron chi connectivity index (χ2n) is 2.21. The average molecular weight is 265 g/mol. The summed E-state index contributed by atoms with van der Waals surface area (Å²) in [6.07, 6.45) is 0. The first kappa shape index (κ1) is 10.3. The Bertz CT molecular complexity index is 357. The van der Waals surface area contributed by atoms with Crippen LogP contribution < -0.4 is 5.32 Å². The van der Waals surface area contributed by atoms with Gasteiger partial charge in [0, 0.05) is 7.05 Å². The van der Waals surface area contributed by atoms with Gasteiger partial charge in [-0.2, -0.15) is 0 Å². The van der Waals surface area contributed by atoms with Crippen molar-refractivity contribution < 1.29 is 9.90 Å². The van der Waals surface area contributed by atoms with Gasteiger partial charge in [-0.3, -0.25) is 0 Å². The largest absolute Gasteiger partial charge is 0.478 e. The molecule has 0 saturated heterocycles. The molecule has 6 heteroatoms. The molecule has 0 aliphatic carbocycles. The molecule has 0 saturated carbocycles. The number of pyridine rings is 1. The standard InChI is InChI=1S/C7H6BrClN2O2/c1-10-6-4(8)2-3(7(12)13)5(9)11-6/h2H,1H3,(H,10,11)(H,12,13). The van der Waals surface area contributed by atoms with E-state index in [-0.39, 0.29) is 10.7 Å². The van der Waals surface area contributed by atoms with E-state index in [9.17, 15) is 4.79 Å². The Morgan fingerprint density at radius 1 is 1.77 bits per heavy atom. The minimum Gasteiger partial charge on any atom is -0.478 e. The molecule has 0 spiro atoms. The van der Waals surface area contributed by atoms with Gasteiger partial charge in [-0.15, -0.1) is 0 Å². The van der Waals surface area contributed by atoms with Crippen LogP contribution in [0.4, 0.5) is 5.82 Å². The van der Waals surface area contributed by atoms with Gasteiger partial charge < -0.3 is 10.4 Å². The van der Waals surface area contributed by atoms with Crippen LogP contribution in [0.5, 0.6) is 0 Å². The second-order valence-corrected chi connectivity index (χ2v) is 3.42. The van der Waals surface area contributed by atoms with Crippen molar-refractivity contribution in [1.82, 2.24) is 4.98 Å². The first-order valence-corrected chi connectivity index (χ1v) is 4.50. The van der Waals surface area contributed by atoms with Crippen LogP contribution in [-0.4, -0.2) is 23.1 Å². The van der Waals surface area contributed by atoms with Gasteiger partial charge in [0.05, 0.1) is 10.0 Å². The lowest BCUT2D eigenvalue weighted by atomic mass is 10.3. The van der Waals surface area contributed by atoms with Crippen LogP contribution in [0.25, 0.3) is 0 Å². The summed E-state index contributed by atoms with van der Waals surface area (Å²) in [6, 6.07) is 1.41. The zero-order valence-corrected chi connectivity index (χ0v) is 8.98. The fourth-order valence-electron chi connectivity index (χ4n) is 0.792. The van der Waals surface area contributed by atoms with Crippen molar-refractivity contribution in [3.8, 4) is 0 Å². The maximum absolute atomic E-state index is 10.6. The Kier molecular flexibility index (Phi) is 3.11. The molecular weight excluding hydrogens is 259 g/mol. The van der Waals surface area contributed by atoms with Crippen LogP contribution in [0.3, 0.4) is 0 Å². The molecule has 0 atom stereocenters. The number of carboxylic acid groups (broad SMARTS) is 1. The number of carbonyl (C=O) groups is 1. The summed E-state index contributed by atoms with van der Waals surface area (Å²) in [5, 5.41) is 11.4. The van der Waals surface area contributed by atoms with Crippen molar-refractivity contribution in [2.45, 2.75) is 0 Å². The highest BCUT2D eigenvalue weighted by molar-refractivity contribution is 9.10. The van der Waals surface area contributed by atoms with E-state index in [0.29, 0.717) is 10.3 Å². The number of halogens is 2. The van der Waals surface area contributed by atoms with Gasteiger partial charge in [-0.25, -0.2) is 9.78 Å². The summed E-state index contributed by atoms with van der Waals surface area (Å²) < 4.78 is 0.566. The van der Waals surface area contributed by atoms with Crippen LogP contribution in [0, 0.1) is 0 Å². The lowest BCUT2D eigenvalue weighted by Crippen LogP contribution is -2.02. The zero-order valence-electron chi connectivity index (χ0n) is 6.64. The monoisotopic (exact) mass is 264 g/mol. The van der Waals surface area contributed by atoms with Gasteiger partial charge in [-0.1, -0.05) is 11.6 Å². The number of hydrogen-bond acceptors (Lipinski definition) is 3. The van der Waals surface area contributed by atoms with E-state index in [1.807, 2.05) is 0 Å². The highest BCUT2D eigenvalue weighted by atomic mass is 79.9. The van der Waals surface area contributed by atoms with Crippen LogP contribution in [0.1, 0.15) is 10.4 Å². The van der Waals surface area contributed by atoms with Crippen molar-refractivity contribution in [1.29, 1.82) is 0 Å². The molecule has 0 bridgehead atoms. The van der Waals surface area contributed by atoms with Crippen molar-refractivity contribution in [3.63, 3.8) is 0 Å². The van der Waals surface area contributed by atoms with Crippen LogP contribution in [0.2, 0.25) is 5.15 Å². The summed E-state index contributed by atoms with van der Waals surface area (Å²) in [6.45, 7) is 0. The van der Waals surface area contributed by atoms with Gasteiger partial charge in [-0.05, 0) is 22.0 Å². The first-order valence-electron chi connectivity index (χ1n) is 3.33. The molecule has 1 heterocycles. The topological polar surface area (TPSA) is 62.2 Å². The van der Waals surface area contributed by atoms with Crippen molar-refractivity contribution in [3.05, 3.63) is 21.3 Å². The molecule has 0 fully saturated rings. The number of carboxylic acids is 1. The molecule has 1 aromatic heterocycles. The minimum atomic E-state index is -1.10. The molecule has 0 aliphatic rings. The average Bonchev–Trinajstić information content (AvgIpc) is 2.07. The number of aromatic carboxylic acids is 1. The third kappa shape index (κ3) is 2.10. The number of hydrogen-bond donors (Lipinski definition) is 2. The van der Waals surface area contributed by atoms with Crippen LogP contribution >= 0.6 is 27.5 Å². The van der Waals surface area contributed by atoms with Crippen LogP contribution in [0.15, 0.2) is 10.5 Å². The highest BCUT2D eigenvalue weighted by Crippen LogP contribution is 2.25. The SMILES string of the molecule is CNc1nc(Cl)c(C(=O)O)cc1Br. The summed E-state index contributed by atoms with van der Waals surface area (Å²) >= 11 is 8.79. The molecular formula is C7H6BrClN2O2. The van der Waals surface area contributed by atoms with E-state index in [2.05, 4.69) is 26.2 Å². The first-order chi connectivity index (χ1) is 6.06. The molecule has 0 aromatic carbocycles. The lowest BCUT2D eigenvalue weighted by molar-refractivity contribution is 0.0696. The molecule has 13 heavy (non-hydrogen) atoms.